The summed E-state index contributed by atoms with van der Waals surface area (Å²) in [5, 5.41) is 13.6. The van der Waals surface area contributed by atoms with Gasteiger partial charge in [-0.2, -0.15) is 0 Å². The van der Waals surface area contributed by atoms with E-state index in [2.05, 4.69) is 26.6 Å². The molecule has 1 aromatic heterocycles. The quantitative estimate of drug-likeness (QED) is 0.197. The molecule has 0 spiro atoms. The second-order valence-corrected chi connectivity index (χ2v) is 2.30. The van der Waals surface area contributed by atoms with Crippen LogP contribution in [0.1, 0.15) is 5.69 Å². The Morgan fingerprint density at radius 2 is 2.57 bits per heavy atom. The molecule has 0 atom stereocenters. The third-order valence-corrected chi connectivity index (χ3v) is 1.40. The highest BCUT2D eigenvalue weighted by molar-refractivity contribution is 5.39. The molecule has 1 N–H and O–H groups in total. The maximum atomic E-state index is 10.3. The molecule has 72 valence electrons. The van der Waals surface area contributed by atoms with Gasteiger partial charge in [-0.15, -0.1) is 6.58 Å². The number of nitro groups is 1. The number of rotatable bonds is 4. The summed E-state index contributed by atoms with van der Waals surface area (Å²) in [6.45, 7) is 3.45. The number of imidazole rings is 1. The van der Waals surface area contributed by atoms with Gasteiger partial charge in [0.25, 0.3) is 0 Å². The van der Waals surface area contributed by atoms with Crippen molar-refractivity contribution in [2.24, 2.45) is 5.11 Å². The molecular weight excluding hydrogens is 188 g/mol. The summed E-state index contributed by atoms with van der Waals surface area (Å²) in [6.07, 6.45) is 1.81. The van der Waals surface area contributed by atoms with E-state index in [1.807, 2.05) is 0 Å². The Morgan fingerprint density at radius 3 is 3.07 bits per heavy atom. The third-order valence-electron chi connectivity index (χ3n) is 1.40. The molecule has 1 aromatic rings. The van der Waals surface area contributed by atoms with Gasteiger partial charge in [0.15, 0.2) is 5.69 Å². The van der Waals surface area contributed by atoms with Gasteiger partial charge in [-0.1, -0.05) is 11.1 Å². The fourth-order valence-electron chi connectivity index (χ4n) is 0.880. The van der Waals surface area contributed by atoms with Crippen molar-refractivity contribution in [3.05, 3.63) is 38.9 Å². The highest BCUT2D eigenvalue weighted by atomic mass is 16.6. The summed E-state index contributed by atoms with van der Waals surface area (Å²) < 4.78 is 0. The first-order valence-electron chi connectivity index (χ1n) is 3.58. The summed E-state index contributed by atoms with van der Waals surface area (Å²) in [4.78, 5) is 18.1. The first-order valence-corrected chi connectivity index (χ1v) is 3.58. The first-order chi connectivity index (χ1) is 6.69. The Balaban J connectivity index is 3.17. The van der Waals surface area contributed by atoms with E-state index in [1.54, 1.807) is 0 Å². The average Bonchev–Trinajstić information content (AvgIpc) is 2.50. The Hall–Kier alpha value is -2.34. The Labute approximate surface area is 78.1 Å². The van der Waals surface area contributed by atoms with Crippen LogP contribution in [0, 0.1) is 10.1 Å². The first kappa shape index (κ1) is 9.75. The van der Waals surface area contributed by atoms with Crippen LogP contribution in [-0.2, 0) is 6.42 Å². The summed E-state index contributed by atoms with van der Waals surface area (Å²) in [5.74, 6) is -0.386. The summed E-state index contributed by atoms with van der Waals surface area (Å²) in [7, 11) is 0. The van der Waals surface area contributed by atoms with Crippen molar-refractivity contribution < 1.29 is 4.92 Å². The monoisotopic (exact) mass is 194 g/mol. The number of nitrogens with zero attached hydrogens (tertiary/aromatic N) is 5. The van der Waals surface area contributed by atoms with Crippen LogP contribution in [0.4, 0.5) is 11.8 Å². The van der Waals surface area contributed by atoms with Crippen molar-refractivity contribution >= 4 is 11.8 Å². The van der Waals surface area contributed by atoms with E-state index < -0.39 is 10.9 Å². The lowest BCUT2D eigenvalue weighted by Gasteiger charge is -1.84. The number of hydrogen-bond donors (Lipinski definition) is 1. The molecule has 0 fully saturated rings. The van der Waals surface area contributed by atoms with Gasteiger partial charge >= 0.3 is 5.95 Å². The van der Waals surface area contributed by atoms with E-state index >= 15 is 0 Å². The van der Waals surface area contributed by atoms with E-state index in [-0.39, 0.29) is 5.82 Å². The number of azide groups is 1. The molecule has 0 saturated carbocycles. The molecule has 8 heteroatoms. The van der Waals surface area contributed by atoms with Gasteiger partial charge in [0.1, 0.15) is 0 Å². The van der Waals surface area contributed by atoms with Crippen LogP contribution in [0.5, 0.6) is 0 Å². The minimum Gasteiger partial charge on any atom is -0.390 e. The zero-order valence-corrected chi connectivity index (χ0v) is 7.04. The highest BCUT2D eigenvalue weighted by Crippen LogP contribution is 2.20. The van der Waals surface area contributed by atoms with Crippen molar-refractivity contribution in [1.82, 2.24) is 9.97 Å². The second kappa shape index (κ2) is 4.06. The second-order valence-electron chi connectivity index (χ2n) is 2.30. The molecule has 0 aliphatic carbocycles. The van der Waals surface area contributed by atoms with Gasteiger partial charge in [0, 0.05) is 11.3 Å². The predicted octanol–water partition coefficient (Wildman–Crippen LogP) is 1.99. The van der Waals surface area contributed by atoms with Gasteiger partial charge in [0.2, 0.25) is 5.82 Å². The van der Waals surface area contributed by atoms with Crippen molar-refractivity contribution in [1.29, 1.82) is 0 Å². The highest BCUT2D eigenvalue weighted by Gasteiger charge is 2.17. The standard InChI is InChI=1S/C6H6N6O2/c1-2-3-4-5(10-11-7)9-6(8-4)12(13)14/h2H,1,3H2,(H,8,9). The Bertz CT molecular complexity index is 416. The lowest BCUT2D eigenvalue weighted by Crippen LogP contribution is -1.89. The lowest BCUT2D eigenvalue weighted by molar-refractivity contribution is -0.393. The molecule has 0 bridgehead atoms. The van der Waals surface area contributed by atoms with Crippen LogP contribution in [-0.4, -0.2) is 14.9 Å². The van der Waals surface area contributed by atoms with E-state index in [0.29, 0.717) is 12.1 Å². The van der Waals surface area contributed by atoms with Crippen LogP contribution in [0.15, 0.2) is 17.8 Å². The molecule has 1 heterocycles. The minimum absolute atomic E-state index is 0.0547. The molecule has 0 aromatic carbocycles. The zero-order valence-electron chi connectivity index (χ0n) is 7.04. The Kier molecular flexibility index (Phi) is 2.82. The van der Waals surface area contributed by atoms with E-state index in [4.69, 9.17) is 5.53 Å². The molecule has 0 aliphatic heterocycles. The summed E-state index contributed by atoms with van der Waals surface area (Å²) >= 11 is 0. The fourth-order valence-corrected chi connectivity index (χ4v) is 0.880. The van der Waals surface area contributed by atoms with E-state index in [1.165, 1.54) is 6.08 Å². The third kappa shape index (κ3) is 1.87. The van der Waals surface area contributed by atoms with E-state index in [9.17, 15) is 10.1 Å². The largest absolute Gasteiger partial charge is 0.432 e. The molecule has 0 radical (unpaired) electrons. The van der Waals surface area contributed by atoms with Crippen molar-refractivity contribution in [2.45, 2.75) is 6.42 Å². The number of hydrogen-bond acceptors (Lipinski definition) is 4. The van der Waals surface area contributed by atoms with Crippen molar-refractivity contribution in [3.63, 3.8) is 0 Å². The van der Waals surface area contributed by atoms with Crippen LogP contribution in [0.25, 0.3) is 10.4 Å². The molecule has 0 unspecified atom stereocenters. The molecule has 0 aliphatic rings. The number of aromatic nitrogens is 2. The normalized spacial score (nSPS) is 9.14. The molecule has 0 saturated heterocycles. The topological polar surface area (TPSA) is 121 Å². The Morgan fingerprint density at radius 1 is 1.86 bits per heavy atom. The summed E-state index contributed by atoms with van der Waals surface area (Å²) in [6, 6.07) is 0. The van der Waals surface area contributed by atoms with Gasteiger partial charge in [-0.25, -0.2) is 4.98 Å². The maximum absolute atomic E-state index is 10.3. The smallest absolute Gasteiger partial charge is 0.390 e. The molecule has 1 rings (SSSR count). The van der Waals surface area contributed by atoms with Gasteiger partial charge in [0.05, 0.1) is 0 Å². The van der Waals surface area contributed by atoms with E-state index in [0.717, 1.165) is 0 Å². The lowest BCUT2D eigenvalue weighted by atomic mass is 10.3. The van der Waals surface area contributed by atoms with Crippen LogP contribution in [0.3, 0.4) is 0 Å². The van der Waals surface area contributed by atoms with Gasteiger partial charge in [-0.3, -0.25) is 0 Å². The van der Waals surface area contributed by atoms with Crippen LogP contribution in [0.2, 0.25) is 0 Å². The molecular formula is C6H6N6O2. The maximum Gasteiger partial charge on any atom is 0.432 e. The minimum atomic E-state index is -0.691. The van der Waals surface area contributed by atoms with Crippen LogP contribution < -0.4 is 0 Å². The predicted molar refractivity (Wildman–Crippen MR) is 47.9 cm³/mol. The van der Waals surface area contributed by atoms with Gasteiger partial charge in [-0.05, 0) is 15.6 Å². The van der Waals surface area contributed by atoms with Crippen molar-refractivity contribution in [2.75, 3.05) is 0 Å². The van der Waals surface area contributed by atoms with Crippen LogP contribution >= 0.6 is 0 Å². The van der Waals surface area contributed by atoms with Gasteiger partial charge < -0.3 is 10.1 Å². The number of H-pyrrole nitrogens is 1. The summed E-state index contributed by atoms with van der Waals surface area (Å²) in [5.41, 5.74) is 8.48. The number of nitrogens with one attached hydrogen (secondary N) is 1. The average molecular weight is 194 g/mol. The SMILES string of the molecule is C=CCc1nc([N+](=O)[O-])[nH]c1N=[N+]=[N-]. The molecule has 8 nitrogen and oxygen atoms in total. The molecule has 0 amide bonds. The zero-order chi connectivity index (χ0) is 10.6. The number of allylic oxidation sites excluding steroid dienone is 1. The number of aromatic amines is 1. The fraction of sp³-hybridized carbons (Fsp3) is 0.167. The molecule has 14 heavy (non-hydrogen) atoms. The van der Waals surface area contributed by atoms with Crippen molar-refractivity contribution in [3.8, 4) is 0 Å².